The molecule has 0 aliphatic rings. The molecule has 3 rings (SSSR count). The van der Waals surface area contributed by atoms with Crippen molar-refractivity contribution in [3.05, 3.63) is 71.9 Å². The number of benzene rings is 2. The molecule has 1 heterocycles. The summed E-state index contributed by atoms with van der Waals surface area (Å²) >= 11 is 0. The van der Waals surface area contributed by atoms with Crippen LogP contribution in [0.5, 0.6) is 0 Å². The number of aromatic nitrogens is 1. The van der Waals surface area contributed by atoms with Gasteiger partial charge in [0.25, 0.3) is 0 Å². The maximum atomic E-state index is 13.0. The number of fused-ring (bicyclic) bond motifs is 1. The minimum Gasteiger partial charge on any atom is -0.361 e. The van der Waals surface area contributed by atoms with Crippen molar-refractivity contribution in [2.75, 3.05) is 13.7 Å². The Morgan fingerprint density at radius 1 is 1.06 bits per heavy atom. The van der Waals surface area contributed by atoms with Crippen molar-refractivity contribution in [2.24, 2.45) is 5.92 Å². The van der Waals surface area contributed by atoms with E-state index in [0.29, 0.717) is 18.9 Å². The number of nitrogens with one attached hydrogen (secondary N) is 3. The third-order valence-corrected chi connectivity index (χ3v) is 5.91. The van der Waals surface area contributed by atoms with Crippen LogP contribution in [0.15, 0.2) is 60.8 Å². The molecular formula is C27H39N3O3. The van der Waals surface area contributed by atoms with Crippen LogP contribution in [0.2, 0.25) is 0 Å². The van der Waals surface area contributed by atoms with Gasteiger partial charge in [-0.15, -0.1) is 0 Å². The molecule has 3 aromatic rings. The Morgan fingerprint density at radius 2 is 1.79 bits per heavy atom. The van der Waals surface area contributed by atoms with Gasteiger partial charge in [-0.05, 0) is 43.0 Å². The van der Waals surface area contributed by atoms with Crippen molar-refractivity contribution >= 4 is 16.8 Å². The molecule has 0 aliphatic carbocycles. The van der Waals surface area contributed by atoms with E-state index in [2.05, 4.69) is 41.6 Å². The van der Waals surface area contributed by atoms with E-state index in [9.17, 15) is 4.79 Å². The lowest BCUT2D eigenvalue weighted by atomic mass is 9.98. The van der Waals surface area contributed by atoms with Crippen molar-refractivity contribution < 1.29 is 14.6 Å². The summed E-state index contributed by atoms with van der Waals surface area (Å²) in [7, 11) is 1.83. The third kappa shape index (κ3) is 8.00. The summed E-state index contributed by atoms with van der Waals surface area (Å²) in [5.74, 6) is 0.458. The Bertz CT molecular complexity index is 957. The summed E-state index contributed by atoms with van der Waals surface area (Å²) in [4.78, 5) is 27.3. The van der Waals surface area contributed by atoms with Crippen molar-refractivity contribution in [3.8, 4) is 0 Å². The number of likely N-dealkylation sites (N-methyl/N-ethyl adjacent to an activating group) is 1. The van der Waals surface area contributed by atoms with Gasteiger partial charge < -0.3 is 15.6 Å². The van der Waals surface area contributed by atoms with E-state index in [1.54, 1.807) is 0 Å². The van der Waals surface area contributed by atoms with E-state index in [-0.39, 0.29) is 32.0 Å². The summed E-state index contributed by atoms with van der Waals surface area (Å²) in [6.07, 6.45) is 4.48. The lowest BCUT2D eigenvalue weighted by molar-refractivity contribution is -0.306. The van der Waals surface area contributed by atoms with Crippen LogP contribution in [0.1, 0.15) is 45.2 Å². The fourth-order valence-corrected chi connectivity index (χ4v) is 3.76. The first-order valence-electron chi connectivity index (χ1n) is 11.4. The number of H-pyrrole nitrogens is 1. The van der Waals surface area contributed by atoms with Crippen molar-refractivity contribution in [2.45, 2.75) is 59.2 Å². The third-order valence-electron chi connectivity index (χ3n) is 5.91. The van der Waals surface area contributed by atoms with Crippen molar-refractivity contribution in [3.63, 3.8) is 0 Å². The highest BCUT2D eigenvalue weighted by Gasteiger charge is 2.23. The molecule has 1 aromatic heterocycles. The van der Waals surface area contributed by atoms with Crippen LogP contribution in [0.3, 0.4) is 0 Å². The zero-order valence-corrected chi connectivity index (χ0v) is 19.3. The predicted octanol–water partition coefficient (Wildman–Crippen LogP) is 5.00. The molecule has 33 heavy (non-hydrogen) atoms. The lowest BCUT2D eigenvalue weighted by Crippen LogP contribution is -2.49. The number of hydrogen-bond acceptors (Lipinski definition) is 4. The van der Waals surface area contributed by atoms with Crippen LogP contribution in [0.4, 0.5) is 0 Å². The molecule has 2 aromatic carbocycles. The Kier molecular flexibility index (Phi) is 11.1. The number of hydrogen-bond donors (Lipinski definition) is 3. The molecule has 1 amide bonds. The summed E-state index contributed by atoms with van der Waals surface area (Å²) < 4.78 is 0. The largest absolute Gasteiger partial charge is 0.361 e. The summed E-state index contributed by atoms with van der Waals surface area (Å²) in [6.45, 7) is 4.94. The first-order valence-corrected chi connectivity index (χ1v) is 11.4. The molecule has 3 N–H and O–H groups in total. The van der Waals surface area contributed by atoms with Gasteiger partial charge in [0.1, 0.15) is 13.2 Å². The maximum absolute atomic E-state index is 13.0. The average molecular weight is 454 g/mol. The van der Waals surface area contributed by atoms with Gasteiger partial charge in [0, 0.05) is 17.1 Å². The standard InChI is InChI=1S/C26H35N3O3.CH4/c1-4-19(2)14-25(27-3)26(30)29-22(18-32-31-17-20-10-6-5-7-11-20)15-21-16-28-24-13-9-8-12-23(21)24;/h5-13,16,19,22,25,27-28H,4,14-15,17-18H2,1-3H3,(H,29,30);1H4/t19-,22?,25?;/m1./s1. The number of para-hydroxylation sites is 1. The zero-order chi connectivity index (χ0) is 22.8. The number of amides is 1. The molecule has 0 saturated carbocycles. The highest BCUT2D eigenvalue weighted by atomic mass is 17.2. The minimum atomic E-state index is -0.236. The second-order valence-corrected chi connectivity index (χ2v) is 8.39. The molecule has 0 radical (unpaired) electrons. The van der Waals surface area contributed by atoms with E-state index >= 15 is 0 Å². The fourth-order valence-electron chi connectivity index (χ4n) is 3.76. The number of rotatable bonds is 13. The Balaban J connectivity index is 0.00000385. The van der Waals surface area contributed by atoms with E-state index in [0.717, 1.165) is 34.9 Å². The molecule has 0 bridgehead atoms. The maximum Gasteiger partial charge on any atom is 0.237 e. The van der Waals surface area contributed by atoms with Gasteiger partial charge in [0.05, 0.1) is 12.1 Å². The highest BCUT2D eigenvalue weighted by molar-refractivity contribution is 5.84. The molecule has 0 spiro atoms. The number of aromatic amines is 1. The monoisotopic (exact) mass is 453 g/mol. The van der Waals surface area contributed by atoms with Crippen LogP contribution in [0.25, 0.3) is 10.9 Å². The molecule has 6 nitrogen and oxygen atoms in total. The Labute approximate surface area is 198 Å². The number of carbonyl (C=O) groups is 1. The van der Waals surface area contributed by atoms with Gasteiger partial charge in [0.2, 0.25) is 5.91 Å². The molecule has 0 fully saturated rings. The van der Waals surface area contributed by atoms with Gasteiger partial charge in [-0.1, -0.05) is 76.2 Å². The van der Waals surface area contributed by atoms with E-state index < -0.39 is 0 Å². The van der Waals surface area contributed by atoms with Crippen LogP contribution < -0.4 is 10.6 Å². The predicted molar refractivity (Wildman–Crippen MR) is 135 cm³/mol. The quantitative estimate of drug-likeness (QED) is 0.193. The Hall–Kier alpha value is -2.67. The summed E-state index contributed by atoms with van der Waals surface area (Å²) in [6, 6.07) is 17.6. The fraction of sp³-hybridized carbons (Fsp3) is 0.444. The van der Waals surface area contributed by atoms with Crippen molar-refractivity contribution in [1.82, 2.24) is 15.6 Å². The molecule has 2 unspecified atom stereocenters. The molecule has 6 heteroatoms. The van der Waals surface area contributed by atoms with E-state index in [1.165, 1.54) is 0 Å². The lowest BCUT2D eigenvalue weighted by Gasteiger charge is -2.24. The average Bonchev–Trinajstić information content (AvgIpc) is 3.23. The van der Waals surface area contributed by atoms with Crippen LogP contribution in [0, 0.1) is 5.92 Å². The Morgan fingerprint density at radius 3 is 2.52 bits per heavy atom. The summed E-state index contributed by atoms with van der Waals surface area (Å²) in [5.41, 5.74) is 3.26. The topological polar surface area (TPSA) is 75.4 Å². The zero-order valence-electron chi connectivity index (χ0n) is 19.3. The highest BCUT2D eigenvalue weighted by Crippen LogP contribution is 2.19. The van der Waals surface area contributed by atoms with Crippen LogP contribution >= 0.6 is 0 Å². The second kappa shape index (κ2) is 13.8. The van der Waals surface area contributed by atoms with Gasteiger partial charge in [0.15, 0.2) is 0 Å². The molecule has 180 valence electrons. The van der Waals surface area contributed by atoms with Crippen LogP contribution in [-0.4, -0.2) is 36.6 Å². The van der Waals surface area contributed by atoms with Crippen LogP contribution in [-0.2, 0) is 27.6 Å². The minimum absolute atomic E-state index is 0. The summed E-state index contributed by atoms with van der Waals surface area (Å²) in [5, 5.41) is 7.49. The first-order chi connectivity index (χ1) is 15.6. The smallest absolute Gasteiger partial charge is 0.237 e. The number of carbonyl (C=O) groups excluding carboxylic acids is 1. The molecule has 0 aliphatic heterocycles. The molecular weight excluding hydrogens is 414 g/mol. The first kappa shape index (κ1) is 26.6. The van der Waals surface area contributed by atoms with E-state index in [4.69, 9.17) is 9.78 Å². The normalized spacial score (nSPS) is 13.8. The van der Waals surface area contributed by atoms with Gasteiger partial charge in [-0.25, -0.2) is 9.78 Å². The SMILES string of the molecule is C.CC[C@@H](C)CC(NC)C(=O)NC(COOCc1ccccc1)Cc1c[nH]c2ccccc12. The second-order valence-electron chi connectivity index (χ2n) is 8.39. The van der Waals surface area contributed by atoms with Gasteiger partial charge >= 0.3 is 0 Å². The van der Waals surface area contributed by atoms with Crippen molar-refractivity contribution in [1.29, 1.82) is 0 Å². The van der Waals surface area contributed by atoms with Gasteiger partial charge in [-0.2, -0.15) is 0 Å². The van der Waals surface area contributed by atoms with E-state index in [1.807, 2.05) is 55.7 Å². The molecule has 0 saturated heterocycles. The van der Waals surface area contributed by atoms with Gasteiger partial charge in [-0.3, -0.25) is 4.79 Å². The molecule has 3 atom stereocenters.